The number of amides is 2. The van der Waals surface area contributed by atoms with Gasteiger partial charge in [0.15, 0.2) is 0 Å². The number of likely N-dealkylation sites (tertiary alicyclic amines) is 1. The molecule has 0 radical (unpaired) electrons. The fraction of sp³-hybridized carbons (Fsp3) is 0.524. The molecule has 1 aliphatic rings. The van der Waals surface area contributed by atoms with E-state index in [1.54, 1.807) is 13.0 Å². The molecule has 1 saturated heterocycles. The van der Waals surface area contributed by atoms with E-state index in [4.69, 9.17) is 5.73 Å². The van der Waals surface area contributed by atoms with Gasteiger partial charge in [0.25, 0.3) is 0 Å². The summed E-state index contributed by atoms with van der Waals surface area (Å²) in [5.74, 6) is -0.686. The zero-order valence-corrected chi connectivity index (χ0v) is 16.7. The summed E-state index contributed by atoms with van der Waals surface area (Å²) in [5.41, 5.74) is 7.48. The molecule has 1 aromatic heterocycles. The van der Waals surface area contributed by atoms with Crippen LogP contribution in [0.4, 0.5) is 4.39 Å². The number of fused-ring (bicyclic) bond motifs is 1. The maximum Gasteiger partial charge on any atom is 0.245 e. The summed E-state index contributed by atoms with van der Waals surface area (Å²) >= 11 is 0. The van der Waals surface area contributed by atoms with Gasteiger partial charge in [-0.1, -0.05) is 13.8 Å². The number of rotatable bonds is 6. The highest BCUT2D eigenvalue weighted by Crippen LogP contribution is 2.27. The Morgan fingerprint density at radius 3 is 2.79 bits per heavy atom. The van der Waals surface area contributed by atoms with E-state index in [-0.39, 0.29) is 29.6 Å². The van der Waals surface area contributed by atoms with E-state index in [1.165, 1.54) is 12.1 Å². The number of hydrogen-bond acceptors (Lipinski definition) is 3. The minimum absolute atomic E-state index is 0.0347. The van der Waals surface area contributed by atoms with E-state index in [1.807, 2.05) is 24.9 Å². The molecule has 152 valence electrons. The molecular formula is C21H29FN4O2. The van der Waals surface area contributed by atoms with Crippen LogP contribution in [0.2, 0.25) is 0 Å². The number of carbonyl (C=O) groups is 2. The average molecular weight is 388 g/mol. The SMILES string of the molecule is CC(C)[C@H](NC(=O)[C@H](C)N)C(=O)N1CCC[C@H]1Cc1c[nH]c2cc(F)ccc12. The van der Waals surface area contributed by atoms with Crippen molar-refractivity contribution >= 4 is 22.7 Å². The lowest BCUT2D eigenvalue weighted by Crippen LogP contribution is -2.55. The lowest BCUT2D eigenvalue weighted by atomic mass is 9.99. The van der Waals surface area contributed by atoms with Crippen molar-refractivity contribution in [1.82, 2.24) is 15.2 Å². The van der Waals surface area contributed by atoms with E-state index in [9.17, 15) is 14.0 Å². The van der Waals surface area contributed by atoms with Crippen LogP contribution in [0.15, 0.2) is 24.4 Å². The summed E-state index contributed by atoms with van der Waals surface area (Å²) in [6.45, 7) is 6.13. The largest absolute Gasteiger partial charge is 0.361 e. The molecule has 2 amide bonds. The monoisotopic (exact) mass is 388 g/mol. The fourth-order valence-corrected chi connectivity index (χ4v) is 3.90. The van der Waals surface area contributed by atoms with E-state index >= 15 is 0 Å². The van der Waals surface area contributed by atoms with Crippen molar-refractivity contribution < 1.29 is 14.0 Å². The molecule has 0 spiro atoms. The summed E-state index contributed by atoms with van der Waals surface area (Å²) in [6, 6.07) is 3.53. The van der Waals surface area contributed by atoms with Crippen LogP contribution in [0.5, 0.6) is 0 Å². The summed E-state index contributed by atoms with van der Waals surface area (Å²) in [6.07, 6.45) is 4.43. The number of carbonyl (C=O) groups excluding carboxylic acids is 2. The zero-order valence-electron chi connectivity index (χ0n) is 16.7. The summed E-state index contributed by atoms with van der Waals surface area (Å²) < 4.78 is 13.4. The lowest BCUT2D eigenvalue weighted by molar-refractivity contribution is -0.138. The maximum absolute atomic E-state index is 13.4. The van der Waals surface area contributed by atoms with Gasteiger partial charge in [0.1, 0.15) is 11.9 Å². The standard InChI is InChI=1S/C21H29FN4O2/c1-12(2)19(25-20(27)13(3)23)21(28)26-8-4-5-16(26)9-14-11-24-18-10-15(22)6-7-17(14)18/h6-7,10-13,16,19,24H,4-5,8-9,23H2,1-3H3,(H,25,27)/t13-,16-,19-/m0/s1. The van der Waals surface area contributed by atoms with Crippen LogP contribution >= 0.6 is 0 Å². The predicted octanol–water partition coefficient (Wildman–Crippen LogP) is 2.33. The molecule has 0 unspecified atom stereocenters. The van der Waals surface area contributed by atoms with E-state index in [0.29, 0.717) is 13.0 Å². The number of aromatic amines is 1. The summed E-state index contributed by atoms with van der Waals surface area (Å²) in [7, 11) is 0. The number of aromatic nitrogens is 1. The van der Waals surface area contributed by atoms with Gasteiger partial charge in [-0.05, 0) is 55.9 Å². The van der Waals surface area contributed by atoms with Gasteiger partial charge >= 0.3 is 0 Å². The molecule has 7 heteroatoms. The Balaban J connectivity index is 1.77. The van der Waals surface area contributed by atoms with Gasteiger partial charge in [-0.3, -0.25) is 9.59 Å². The molecule has 4 N–H and O–H groups in total. The van der Waals surface area contributed by atoms with Crippen molar-refractivity contribution in [2.45, 2.75) is 58.2 Å². The van der Waals surface area contributed by atoms with Crippen molar-refractivity contribution in [3.63, 3.8) is 0 Å². The molecule has 3 rings (SSSR count). The predicted molar refractivity (Wildman–Crippen MR) is 107 cm³/mol. The van der Waals surface area contributed by atoms with Crippen LogP contribution in [-0.2, 0) is 16.0 Å². The van der Waals surface area contributed by atoms with Crippen molar-refractivity contribution in [2.75, 3.05) is 6.54 Å². The number of benzene rings is 1. The van der Waals surface area contributed by atoms with E-state index < -0.39 is 12.1 Å². The minimum atomic E-state index is -0.657. The first-order valence-electron chi connectivity index (χ1n) is 9.90. The van der Waals surface area contributed by atoms with E-state index in [0.717, 1.165) is 29.3 Å². The lowest BCUT2D eigenvalue weighted by Gasteiger charge is -2.31. The molecule has 1 aromatic carbocycles. The normalized spacial score (nSPS) is 19.2. The number of nitrogens with one attached hydrogen (secondary N) is 2. The fourth-order valence-electron chi connectivity index (χ4n) is 3.90. The highest BCUT2D eigenvalue weighted by atomic mass is 19.1. The molecule has 28 heavy (non-hydrogen) atoms. The quantitative estimate of drug-likeness (QED) is 0.709. The van der Waals surface area contributed by atoms with Crippen LogP contribution in [0.25, 0.3) is 10.9 Å². The van der Waals surface area contributed by atoms with Crippen molar-refractivity contribution in [3.8, 4) is 0 Å². The Bertz CT molecular complexity index is 861. The van der Waals surface area contributed by atoms with Crippen molar-refractivity contribution in [3.05, 3.63) is 35.8 Å². The molecule has 0 aliphatic carbocycles. The molecule has 3 atom stereocenters. The number of nitrogens with zero attached hydrogens (tertiary/aromatic N) is 1. The van der Waals surface area contributed by atoms with Crippen molar-refractivity contribution in [2.24, 2.45) is 11.7 Å². The van der Waals surface area contributed by atoms with Gasteiger partial charge in [0.05, 0.1) is 6.04 Å². The topological polar surface area (TPSA) is 91.2 Å². The Morgan fingerprint density at radius 2 is 2.11 bits per heavy atom. The number of hydrogen-bond donors (Lipinski definition) is 3. The minimum Gasteiger partial charge on any atom is -0.361 e. The third kappa shape index (κ3) is 4.19. The maximum atomic E-state index is 13.4. The molecule has 6 nitrogen and oxygen atoms in total. The van der Waals surface area contributed by atoms with Gasteiger partial charge in [-0.15, -0.1) is 0 Å². The van der Waals surface area contributed by atoms with Crippen LogP contribution in [0.1, 0.15) is 39.2 Å². The average Bonchev–Trinajstić information content (AvgIpc) is 3.25. The second-order valence-electron chi connectivity index (χ2n) is 8.05. The number of H-pyrrole nitrogens is 1. The molecular weight excluding hydrogens is 359 g/mol. The first-order chi connectivity index (χ1) is 13.3. The summed E-state index contributed by atoms with van der Waals surface area (Å²) in [4.78, 5) is 30.2. The van der Waals surface area contributed by atoms with Gasteiger partial charge in [-0.25, -0.2) is 4.39 Å². The smallest absolute Gasteiger partial charge is 0.245 e. The number of halogens is 1. The second kappa shape index (κ2) is 8.31. The highest BCUT2D eigenvalue weighted by molar-refractivity contribution is 5.90. The Hall–Kier alpha value is -2.41. The third-order valence-electron chi connectivity index (χ3n) is 5.49. The molecule has 2 heterocycles. The Morgan fingerprint density at radius 1 is 1.36 bits per heavy atom. The van der Waals surface area contributed by atoms with Gasteiger partial charge in [-0.2, -0.15) is 0 Å². The summed E-state index contributed by atoms with van der Waals surface area (Å²) in [5, 5.41) is 3.78. The van der Waals surface area contributed by atoms with Gasteiger partial charge in [0.2, 0.25) is 11.8 Å². The van der Waals surface area contributed by atoms with Gasteiger partial charge < -0.3 is 20.9 Å². The first kappa shape index (κ1) is 20.3. The Labute approximate surface area is 164 Å². The van der Waals surface area contributed by atoms with E-state index in [2.05, 4.69) is 10.3 Å². The van der Waals surface area contributed by atoms with Gasteiger partial charge in [0, 0.05) is 29.7 Å². The second-order valence-corrected chi connectivity index (χ2v) is 8.05. The first-order valence-corrected chi connectivity index (χ1v) is 9.90. The van der Waals surface area contributed by atoms with Crippen LogP contribution in [-0.4, -0.2) is 46.4 Å². The third-order valence-corrected chi connectivity index (χ3v) is 5.49. The number of nitrogens with two attached hydrogens (primary N) is 1. The zero-order chi connectivity index (χ0) is 20.4. The molecule has 0 bridgehead atoms. The van der Waals surface area contributed by atoms with Crippen LogP contribution in [0, 0.1) is 11.7 Å². The van der Waals surface area contributed by atoms with Crippen LogP contribution in [0.3, 0.4) is 0 Å². The molecule has 2 aromatic rings. The Kier molecular flexibility index (Phi) is 6.03. The molecule has 0 saturated carbocycles. The molecule has 1 fully saturated rings. The van der Waals surface area contributed by atoms with Crippen molar-refractivity contribution in [1.29, 1.82) is 0 Å². The van der Waals surface area contributed by atoms with Crippen LogP contribution < -0.4 is 11.1 Å². The highest BCUT2D eigenvalue weighted by Gasteiger charge is 2.35. The molecule has 1 aliphatic heterocycles.